The highest BCUT2D eigenvalue weighted by Gasteiger charge is 2.37. The van der Waals surface area contributed by atoms with Crippen LogP contribution in [-0.4, -0.2) is 15.2 Å². The summed E-state index contributed by atoms with van der Waals surface area (Å²) in [6, 6.07) is 0. The Morgan fingerprint density at radius 3 is 2.59 bits per heavy atom. The average Bonchev–Trinajstić information content (AvgIpc) is 2.73. The van der Waals surface area contributed by atoms with Gasteiger partial charge in [-0.3, -0.25) is 4.79 Å². The summed E-state index contributed by atoms with van der Waals surface area (Å²) >= 11 is 0.935. The molecule has 0 bridgehead atoms. The van der Waals surface area contributed by atoms with Gasteiger partial charge in [-0.15, -0.1) is 11.8 Å². The molecule has 0 aromatic carbocycles. The van der Waals surface area contributed by atoms with E-state index in [1.54, 1.807) is 13.8 Å². The van der Waals surface area contributed by atoms with E-state index in [1.807, 2.05) is 0 Å². The Morgan fingerprint density at radius 2 is 2.09 bits per heavy atom. The highest BCUT2D eigenvalue weighted by Crippen LogP contribution is 2.35. The Labute approximate surface area is 128 Å². The molecule has 0 radical (unpaired) electrons. The first-order valence-electron chi connectivity index (χ1n) is 6.34. The van der Waals surface area contributed by atoms with Crippen molar-refractivity contribution in [3.63, 3.8) is 0 Å². The first-order chi connectivity index (χ1) is 10.0. The summed E-state index contributed by atoms with van der Waals surface area (Å²) in [7, 11) is 1.08. The van der Waals surface area contributed by atoms with Crippen LogP contribution < -0.4 is 5.56 Å². The molecule has 0 unspecified atom stereocenters. The average molecular weight is 338 g/mol. The minimum absolute atomic E-state index is 0.338. The van der Waals surface area contributed by atoms with Gasteiger partial charge in [0.15, 0.2) is 5.82 Å². The number of oxime groups is 1. The standard InChI is InChI=1S/C13H14F4N2O2S/c1-12(2)4-9(18-21-12)22-6-7-8(13(15,16)17)5-19(3)11(20)10(7)14/h5H,4,6H2,1-3H3. The maximum absolute atomic E-state index is 14.0. The van der Waals surface area contributed by atoms with Crippen molar-refractivity contribution in [1.82, 2.24) is 4.57 Å². The van der Waals surface area contributed by atoms with Gasteiger partial charge in [0.25, 0.3) is 5.56 Å². The van der Waals surface area contributed by atoms with E-state index in [-0.39, 0.29) is 5.75 Å². The monoisotopic (exact) mass is 338 g/mol. The molecule has 1 aliphatic rings. The number of nitrogens with zero attached hydrogens (tertiary/aromatic N) is 2. The van der Waals surface area contributed by atoms with E-state index in [2.05, 4.69) is 5.16 Å². The maximum Gasteiger partial charge on any atom is 0.418 e. The zero-order chi connectivity index (χ0) is 16.7. The van der Waals surface area contributed by atoms with E-state index in [4.69, 9.17) is 4.84 Å². The van der Waals surface area contributed by atoms with Gasteiger partial charge in [0, 0.05) is 31.0 Å². The van der Waals surface area contributed by atoms with Crippen molar-refractivity contribution in [1.29, 1.82) is 0 Å². The van der Waals surface area contributed by atoms with Gasteiger partial charge in [0.1, 0.15) is 10.6 Å². The zero-order valence-electron chi connectivity index (χ0n) is 12.1. The number of hydrogen-bond acceptors (Lipinski definition) is 4. The summed E-state index contributed by atoms with van der Waals surface area (Å²) < 4.78 is 53.6. The summed E-state index contributed by atoms with van der Waals surface area (Å²) in [5.41, 5.74) is -3.43. The second kappa shape index (κ2) is 5.60. The zero-order valence-corrected chi connectivity index (χ0v) is 12.9. The molecule has 9 heteroatoms. The van der Waals surface area contributed by atoms with Gasteiger partial charge in [0.2, 0.25) is 0 Å². The topological polar surface area (TPSA) is 43.6 Å². The van der Waals surface area contributed by atoms with Crippen LogP contribution >= 0.6 is 11.8 Å². The normalized spacial score (nSPS) is 17.3. The summed E-state index contributed by atoms with van der Waals surface area (Å²) in [4.78, 5) is 16.6. The summed E-state index contributed by atoms with van der Waals surface area (Å²) in [5, 5.41) is 4.23. The van der Waals surface area contributed by atoms with Crippen LogP contribution in [-0.2, 0) is 23.8 Å². The van der Waals surface area contributed by atoms with Gasteiger partial charge in [-0.05, 0) is 13.8 Å². The Bertz CT molecular complexity index is 680. The van der Waals surface area contributed by atoms with Crippen LogP contribution in [0.1, 0.15) is 31.4 Å². The lowest BCUT2D eigenvalue weighted by Crippen LogP contribution is -2.26. The van der Waals surface area contributed by atoms with Crippen molar-refractivity contribution in [2.45, 2.75) is 37.8 Å². The summed E-state index contributed by atoms with van der Waals surface area (Å²) in [5.74, 6) is -1.72. The molecule has 0 spiro atoms. The number of pyridine rings is 1. The molecule has 0 atom stereocenters. The van der Waals surface area contributed by atoms with Crippen molar-refractivity contribution < 1.29 is 22.4 Å². The third-order valence-corrected chi connectivity index (χ3v) is 4.07. The second-order valence-corrected chi connectivity index (χ2v) is 6.60. The number of rotatable bonds is 2. The molecule has 1 aromatic rings. The van der Waals surface area contributed by atoms with Gasteiger partial charge in [-0.25, -0.2) is 4.39 Å². The molecule has 0 aliphatic carbocycles. The highest BCUT2D eigenvalue weighted by molar-refractivity contribution is 8.13. The molecule has 0 saturated carbocycles. The van der Waals surface area contributed by atoms with Gasteiger partial charge < -0.3 is 9.40 Å². The van der Waals surface area contributed by atoms with Crippen LogP contribution in [0.2, 0.25) is 0 Å². The smallest absolute Gasteiger partial charge is 0.389 e. The molecule has 2 rings (SSSR count). The quantitative estimate of drug-likeness (QED) is 0.777. The molecule has 1 aromatic heterocycles. The van der Waals surface area contributed by atoms with Crippen LogP contribution in [0.25, 0.3) is 0 Å². The van der Waals surface area contributed by atoms with Gasteiger partial charge >= 0.3 is 6.18 Å². The van der Waals surface area contributed by atoms with Crippen molar-refractivity contribution in [3.05, 3.63) is 33.5 Å². The van der Waals surface area contributed by atoms with Gasteiger partial charge in [0.05, 0.1) is 5.56 Å². The van der Waals surface area contributed by atoms with E-state index in [9.17, 15) is 22.4 Å². The van der Waals surface area contributed by atoms with E-state index in [0.29, 0.717) is 22.2 Å². The number of thioether (sulfide) groups is 1. The minimum Gasteiger partial charge on any atom is -0.389 e. The predicted octanol–water partition coefficient (Wildman–Crippen LogP) is 3.29. The van der Waals surface area contributed by atoms with Crippen LogP contribution in [0.4, 0.5) is 17.6 Å². The van der Waals surface area contributed by atoms with Crippen LogP contribution in [0.5, 0.6) is 0 Å². The van der Waals surface area contributed by atoms with Crippen LogP contribution in [0.3, 0.4) is 0 Å². The molecule has 2 heterocycles. The maximum atomic E-state index is 14.0. The van der Waals surface area contributed by atoms with E-state index in [1.165, 1.54) is 0 Å². The third-order valence-electron chi connectivity index (χ3n) is 3.08. The first kappa shape index (κ1) is 16.9. The second-order valence-electron chi connectivity index (χ2n) is 5.55. The van der Waals surface area contributed by atoms with E-state index in [0.717, 1.165) is 18.8 Å². The lowest BCUT2D eigenvalue weighted by atomic mass is 10.1. The van der Waals surface area contributed by atoms with Crippen molar-refractivity contribution >= 4 is 16.8 Å². The molecule has 0 fully saturated rings. The minimum atomic E-state index is -4.74. The SMILES string of the molecule is Cn1cc(C(F)(F)F)c(CSC2=NOC(C)(C)C2)c(F)c1=O. The highest BCUT2D eigenvalue weighted by atomic mass is 32.2. The van der Waals surface area contributed by atoms with Gasteiger partial charge in [-0.1, -0.05) is 5.16 Å². The molecule has 0 N–H and O–H groups in total. The Morgan fingerprint density at radius 1 is 1.45 bits per heavy atom. The van der Waals surface area contributed by atoms with E-state index >= 15 is 0 Å². The Hall–Kier alpha value is -1.51. The largest absolute Gasteiger partial charge is 0.418 e. The molecule has 0 amide bonds. The molecule has 0 saturated heterocycles. The lowest BCUT2D eigenvalue weighted by Gasteiger charge is -2.15. The summed E-state index contributed by atoms with van der Waals surface area (Å²) in [6.07, 6.45) is -3.71. The molecule has 22 heavy (non-hydrogen) atoms. The fourth-order valence-corrected chi connectivity index (χ4v) is 3.09. The molecular formula is C13H14F4N2O2S. The Balaban J connectivity index is 2.31. The number of aromatic nitrogens is 1. The molecule has 1 aliphatic heterocycles. The lowest BCUT2D eigenvalue weighted by molar-refractivity contribution is -0.138. The Kier molecular flexibility index (Phi) is 4.29. The number of hydrogen-bond donors (Lipinski definition) is 0. The molecule has 4 nitrogen and oxygen atoms in total. The van der Waals surface area contributed by atoms with Crippen molar-refractivity contribution in [2.24, 2.45) is 12.2 Å². The van der Waals surface area contributed by atoms with Crippen LogP contribution in [0, 0.1) is 5.82 Å². The number of halogens is 4. The summed E-state index contributed by atoms with van der Waals surface area (Å²) in [6.45, 7) is 3.56. The molecule has 122 valence electrons. The van der Waals surface area contributed by atoms with Crippen LogP contribution in [0.15, 0.2) is 16.1 Å². The van der Waals surface area contributed by atoms with E-state index < -0.39 is 34.3 Å². The van der Waals surface area contributed by atoms with Crippen molar-refractivity contribution in [2.75, 3.05) is 0 Å². The first-order valence-corrected chi connectivity index (χ1v) is 7.33. The predicted molar refractivity (Wildman–Crippen MR) is 75.2 cm³/mol. The number of alkyl halides is 3. The number of aryl methyl sites for hydroxylation is 1. The van der Waals surface area contributed by atoms with Gasteiger partial charge in [-0.2, -0.15) is 13.2 Å². The third kappa shape index (κ3) is 3.45. The van der Waals surface area contributed by atoms with Crippen molar-refractivity contribution in [3.8, 4) is 0 Å². The fraction of sp³-hybridized carbons (Fsp3) is 0.538. The fourth-order valence-electron chi connectivity index (χ4n) is 1.95. The molecular weight excluding hydrogens is 324 g/mol.